The fraction of sp³-hybridized carbons (Fsp3) is 0.562. The summed E-state index contributed by atoms with van der Waals surface area (Å²) >= 11 is 0. The summed E-state index contributed by atoms with van der Waals surface area (Å²) in [5.41, 5.74) is 7.04. The van der Waals surface area contributed by atoms with Crippen LogP contribution >= 0.6 is 0 Å². The van der Waals surface area contributed by atoms with Gasteiger partial charge in [-0.15, -0.1) is 0 Å². The minimum atomic E-state index is -0.0848. The highest BCUT2D eigenvalue weighted by Gasteiger charge is 2.21. The maximum absolute atomic E-state index is 12.1. The molecule has 104 valence electrons. The molecule has 1 aliphatic rings. The van der Waals surface area contributed by atoms with E-state index in [4.69, 9.17) is 5.73 Å². The largest absolute Gasteiger partial charge is 0.355 e. The van der Waals surface area contributed by atoms with Crippen LogP contribution in [-0.2, 0) is 4.79 Å². The lowest BCUT2D eigenvalue weighted by molar-refractivity contribution is -0.122. The monoisotopic (exact) mass is 260 g/mol. The first-order chi connectivity index (χ1) is 9.16. The lowest BCUT2D eigenvalue weighted by atomic mass is 9.86. The first-order valence-corrected chi connectivity index (χ1v) is 7.25. The van der Waals surface area contributed by atoms with Crippen molar-refractivity contribution in [2.75, 3.05) is 6.54 Å². The molecule has 0 radical (unpaired) electrons. The zero-order chi connectivity index (χ0) is 13.7. The molecule has 1 amide bonds. The van der Waals surface area contributed by atoms with Gasteiger partial charge >= 0.3 is 0 Å². The van der Waals surface area contributed by atoms with Crippen molar-refractivity contribution in [1.82, 2.24) is 5.32 Å². The van der Waals surface area contributed by atoms with E-state index in [9.17, 15) is 4.79 Å². The molecule has 3 N–H and O–H groups in total. The van der Waals surface area contributed by atoms with Gasteiger partial charge in [0.25, 0.3) is 0 Å². The van der Waals surface area contributed by atoms with E-state index >= 15 is 0 Å². The molecule has 1 aliphatic carbocycles. The standard InChI is InChI=1S/C16H24N2O/c1-12(14-7-3-2-4-8-14)16(19)18-11-13-6-5-9-15(17)10-13/h2-4,7-8,12-13,15H,5-6,9-11,17H2,1H3,(H,18,19). The van der Waals surface area contributed by atoms with Crippen molar-refractivity contribution in [2.24, 2.45) is 11.7 Å². The van der Waals surface area contributed by atoms with Crippen LogP contribution in [0.3, 0.4) is 0 Å². The number of carbonyl (C=O) groups is 1. The van der Waals surface area contributed by atoms with Crippen molar-refractivity contribution >= 4 is 5.91 Å². The molecule has 19 heavy (non-hydrogen) atoms. The average Bonchev–Trinajstić information content (AvgIpc) is 2.45. The Labute approximate surface area is 115 Å². The summed E-state index contributed by atoms with van der Waals surface area (Å²) < 4.78 is 0. The summed E-state index contributed by atoms with van der Waals surface area (Å²) in [6, 6.07) is 10.2. The topological polar surface area (TPSA) is 55.1 Å². The van der Waals surface area contributed by atoms with Gasteiger partial charge in [-0.25, -0.2) is 0 Å². The predicted octanol–water partition coefficient (Wildman–Crippen LogP) is 2.42. The summed E-state index contributed by atoms with van der Waals surface area (Å²) in [6.45, 7) is 2.72. The number of benzene rings is 1. The summed E-state index contributed by atoms with van der Waals surface area (Å²) in [5, 5.41) is 3.08. The summed E-state index contributed by atoms with van der Waals surface area (Å²) in [5.74, 6) is 0.583. The lowest BCUT2D eigenvalue weighted by Crippen LogP contribution is -2.37. The Hall–Kier alpha value is -1.35. The average molecular weight is 260 g/mol. The molecule has 1 aromatic rings. The maximum Gasteiger partial charge on any atom is 0.227 e. The Bertz CT molecular complexity index is 404. The van der Waals surface area contributed by atoms with Gasteiger partial charge < -0.3 is 11.1 Å². The van der Waals surface area contributed by atoms with E-state index in [1.165, 1.54) is 12.8 Å². The smallest absolute Gasteiger partial charge is 0.227 e. The Morgan fingerprint density at radius 3 is 2.79 bits per heavy atom. The molecule has 3 atom stereocenters. The number of nitrogens with two attached hydrogens (primary N) is 1. The molecule has 1 saturated carbocycles. The Kier molecular flexibility index (Phi) is 4.97. The molecule has 0 aliphatic heterocycles. The Morgan fingerprint density at radius 2 is 2.11 bits per heavy atom. The van der Waals surface area contributed by atoms with Crippen LogP contribution < -0.4 is 11.1 Å². The molecule has 0 heterocycles. The summed E-state index contributed by atoms with van der Waals surface area (Å²) in [6.07, 6.45) is 4.55. The molecule has 3 nitrogen and oxygen atoms in total. The second-order valence-corrected chi connectivity index (χ2v) is 5.67. The van der Waals surface area contributed by atoms with E-state index in [1.54, 1.807) is 0 Å². The van der Waals surface area contributed by atoms with E-state index in [0.717, 1.165) is 24.9 Å². The van der Waals surface area contributed by atoms with Gasteiger partial charge in [0.05, 0.1) is 5.92 Å². The van der Waals surface area contributed by atoms with Crippen LogP contribution in [0.1, 0.15) is 44.1 Å². The molecule has 0 saturated heterocycles. The highest BCUT2D eigenvalue weighted by atomic mass is 16.1. The van der Waals surface area contributed by atoms with Crippen LogP contribution in [0, 0.1) is 5.92 Å². The van der Waals surface area contributed by atoms with Crippen LogP contribution in [-0.4, -0.2) is 18.5 Å². The Balaban J connectivity index is 1.81. The van der Waals surface area contributed by atoms with Crippen molar-refractivity contribution in [1.29, 1.82) is 0 Å². The van der Waals surface area contributed by atoms with E-state index in [2.05, 4.69) is 5.32 Å². The number of hydrogen-bond acceptors (Lipinski definition) is 2. The van der Waals surface area contributed by atoms with Crippen LogP contribution in [0.25, 0.3) is 0 Å². The van der Waals surface area contributed by atoms with E-state index in [-0.39, 0.29) is 11.8 Å². The first kappa shape index (κ1) is 14.1. The van der Waals surface area contributed by atoms with Crippen LogP contribution in [0.5, 0.6) is 0 Å². The summed E-state index contributed by atoms with van der Waals surface area (Å²) in [7, 11) is 0. The number of hydrogen-bond donors (Lipinski definition) is 2. The first-order valence-electron chi connectivity index (χ1n) is 7.25. The highest BCUT2D eigenvalue weighted by Crippen LogP contribution is 2.22. The van der Waals surface area contributed by atoms with Gasteiger partial charge in [0.1, 0.15) is 0 Å². The molecular formula is C16H24N2O. The third-order valence-electron chi connectivity index (χ3n) is 4.08. The van der Waals surface area contributed by atoms with Crippen molar-refractivity contribution in [3.63, 3.8) is 0 Å². The van der Waals surface area contributed by atoms with Crippen LogP contribution in [0.2, 0.25) is 0 Å². The normalized spacial score (nSPS) is 24.7. The molecule has 2 rings (SSSR count). The van der Waals surface area contributed by atoms with E-state index < -0.39 is 0 Å². The van der Waals surface area contributed by atoms with Crippen LogP contribution in [0.4, 0.5) is 0 Å². The van der Waals surface area contributed by atoms with Gasteiger partial charge in [-0.1, -0.05) is 36.8 Å². The van der Waals surface area contributed by atoms with Gasteiger partial charge in [0, 0.05) is 12.6 Å². The molecule has 3 unspecified atom stereocenters. The zero-order valence-electron chi connectivity index (χ0n) is 11.6. The fourth-order valence-electron chi connectivity index (χ4n) is 2.81. The predicted molar refractivity (Wildman–Crippen MR) is 77.8 cm³/mol. The van der Waals surface area contributed by atoms with Crippen molar-refractivity contribution in [3.8, 4) is 0 Å². The van der Waals surface area contributed by atoms with Gasteiger partial charge in [-0.05, 0) is 37.7 Å². The molecular weight excluding hydrogens is 236 g/mol. The van der Waals surface area contributed by atoms with Crippen LogP contribution in [0.15, 0.2) is 30.3 Å². The van der Waals surface area contributed by atoms with Crippen molar-refractivity contribution in [2.45, 2.75) is 44.6 Å². The second-order valence-electron chi connectivity index (χ2n) is 5.67. The lowest BCUT2D eigenvalue weighted by Gasteiger charge is -2.27. The SMILES string of the molecule is CC(C(=O)NCC1CCCC(N)C1)c1ccccc1. The van der Waals surface area contributed by atoms with E-state index in [0.29, 0.717) is 12.0 Å². The number of amides is 1. The van der Waals surface area contributed by atoms with Gasteiger partial charge in [0.15, 0.2) is 0 Å². The molecule has 3 heteroatoms. The van der Waals surface area contributed by atoms with Crippen molar-refractivity contribution in [3.05, 3.63) is 35.9 Å². The third-order valence-corrected chi connectivity index (χ3v) is 4.08. The van der Waals surface area contributed by atoms with Gasteiger partial charge in [-0.3, -0.25) is 4.79 Å². The fourth-order valence-corrected chi connectivity index (χ4v) is 2.81. The molecule has 0 aromatic heterocycles. The minimum Gasteiger partial charge on any atom is -0.355 e. The maximum atomic E-state index is 12.1. The molecule has 0 bridgehead atoms. The molecule has 1 fully saturated rings. The third kappa shape index (κ3) is 4.06. The quantitative estimate of drug-likeness (QED) is 0.873. The Morgan fingerprint density at radius 1 is 1.37 bits per heavy atom. The van der Waals surface area contributed by atoms with Gasteiger partial charge in [0.2, 0.25) is 5.91 Å². The van der Waals surface area contributed by atoms with Gasteiger partial charge in [-0.2, -0.15) is 0 Å². The number of carbonyl (C=O) groups excluding carboxylic acids is 1. The minimum absolute atomic E-state index is 0.0848. The van der Waals surface area contributed by atoms with Crippen molar-refractivity contribution < 1.29 is 4.79 Å². The summed E-state index contributed by atoms with van der Waals surface area (Å²) in [4.78, 5) is 12.1. The molecule has 1 aromatic carbocycles. The second kappa shape index (κ2) is 6.71. The highest BCUT2D eigenvalue weighted by molar-refractivity contribution is 5.83. The number of nitrogens with one attached hydrogen (secondary N) is 1. The number of rotatable bonds is 4. The van der Waals surface area contributed by atoms with E-state index in [1.807, 2.05) is 37.3 Å². The molecule has 0 spiro atoms. The zero-order valence-corrected chi connectivity index (χ0v) is 11.6.